The summed E-state index contributed by atoms with van der Waals surface area (Å²) in [6, 6.07) is 18.8. The van der Waals surface area contributed by atoms with Gasteiger partial charge in [0.2, 0.25) is 6.85 Å². The molecule has 0 bridgehead atoms. The first-order valence-electron chi connectivity index (χ1n) is 9.89. The van der Waals surface area contributed by atoms with Crippen LogP contribution >= 0.6 is 0 Å². The number of hydrogen-bond acceptors (Lipinski definition) is 1. The summed E-state index contributed by atoms with van der Waals surface area (Å²) in [6.07, 6.45) is 9.50. The monoisotopic (exact) mass is 341 g/mol. The minimum absolute atomic E-state index is 0.426. The number of rotatable bonds is 5. The third kappa shape index (κ3) is 2.87. The summed E-state index contributed by atoms with van der Waals surface area (Å²) in [5, 5.41) is 0. The van der Waals surface area contributed by atoms with Crippen LogP contribution in [-0.2, 0) is 0 Å². The maximum Gasteiger partial charge on any atom is 0.247 e. The van der Waals surface area contributed by atoms with Gasteiger partial charge in [-0.2, -0.15) is 0 Å². The van der Waals surface area contributed by atoms with Gasteiger partial charge in [-0.1, -0.05) is 101 Å². The molecule has 4 rings (SSSR count). The molecule has 0 heterocycles. The molecule has 2 aliphatic rings. The summed E-state index contributed by atoms with van der Waals surface area (Å²) in [5.74, 6) is 0.855. The summed E-state index contributed by atoms with van der Waals surface area (Å²) in [7, 11) is 0. The van der Waals surface area contributed by atoms with Gasteiger partial charge in [0.15, 0.2) is 0 Å². The second-order valence-electron chi connectivity index (χ2n) is 8.15. The second kappa shape index (κ2) is 6.93. The maximum atomic E-state index is 2.72. The van der Waals surface area contributed by atoms with E-state index in [2.05, 4.69) is 105 Å². The molecule has 0 N–H and O–H groups in total. The lowest BCUT2D eigenvalue weighted by Crippen LogP contribution is -2.53. The second-order valence-corrected chi connectivity index (χ2v) is 8.15. The van der Waals surface area contributed by atoms with Crippen molar-refractivity contribution in [2.45, 2.75) is 51.4 Å². The van der Waals surface area contributed by atoms with Crippen LogP contribution in [0.15, 0.2) is 60.7 Å². The highest BCUT2D eigenvalue weighted by molar-refractivity contribution is 6.61. The van der Waals surface area contributed by atoms with Gasteiger partial charge in [0.1, 0.15) is 0 Å². The molecular weight excluding hydrogens is 313 g/mol. The van der Waals surface area contributed by atoms with Crippen molar-refractivity contribution in [2.24, 2.45) is 0 Å². The van der Waals surface area contributed by atoms with Crippen molar-refractivity contribution in [3.8, 4) is 0 Å². The Hall–Kier alpha value is -2.06. The van der Waals surface area contributed by atoms with Crippen LogP contribution in [0.2, 0.25) is 0 Å². The Labute approximate surface area is 158 Å². The molecule has 2 aromatic carbocycles. The molecule has 2 heteroatoms. The average Bonchev–Trinajstić information content (AvgIpc) is 3.23. The summed E-state index contributed by atoms with van der Waals surface area (Å²) < 4.78 is 0. The largest absolute Gasteiger partial charge is 0.336 e. The van der Waals surface area contributed by atoms with Gasteiger partial charge in [0.25, 0.3) is 0 Å². The van der Waals surface area contributed by atoms with Gasteiger partial charge in [-0.3, -0.25) is 0 Å². The highest BCUT2D eigenvalue weighted by atomic mass is 15.1. The highest BCUT2D eigenvalue weighted by Gasteiger charge is 2.43. The molecule has 26 heavy (non-hydrogen) atoms. The summed E-state index contributed by atoms with van der Waals surface area (Å²) >= 11 is 0. The third-order valence-corrected chi connectivity index (χ3v) is 5.95. The zero-order valence-corrected chi connectivity index (χ0v) is 16.3. The molecule has 0 aromatic heterocycles. The van der Waals surface area contributed by atoms with Gasteiger partial charge in [0.05, 0.1) is 0 Å². The quantitative estimate of drug-likeness (QED) is 0.622. The van der Waals surface area contributed by atoms with E-state index in [-0.39, 0.29) is 0 Å². The smallest absolute Gasteiger partial charge is 0.247 e. The van der Waals surface area contributed by atoms with Gasteiger partial charge in [-0.15, -0.1) is 0 Å². The van der Waals surface area contributed by atoms with Crippen molar-refractivity contribution in [3.63, 3.8) is 0 Å². The van der Waals surface area contributed by atoms with Crippen molar-refractivity contribution < 1.29 is 0 Å². The molecule has 0 saturated heterocycles. The van der Waals surface area contributed by atoms with E-state index in [1.54, 1.807) is 0 Å². The predicted octanol–water partition coefficient (Wildman–Crippen LogP) is 5.80. The topological polar surface area (TPSA) is 3.24 Å². The van der Waals surface area contributed by atoms with E-state index in [4.69, 9.17) is 0 Å². The van der Waals surface area contributed by atoms with Crippen molar-refractivity contribution >= 4 is 19.0 Å². The lowest BCUT2D eigenvalue weighted by Gasteiger charge is -2.42. The fourth-order valence-corrected chi connectivity index (χ4v) is 5.03. The maximum absolute atomic E-state index is 2.72. The number of fused-ring (bicyclic) bond motifs is 2. The van der Waals surface area contributed by atoms with Crippen LogP contribution in [0, 0.1) is 0 Å². The van der Waals surface area contributed by atoms with Crippen LogP contribution < -0.4 is 0 Å². The molecule has 1 nitrogen and oxygen atoms in total. The lowest BCUT2D eigenvalue weighted by molar-refractivity contribution is 0.296. The normalized spacial score (nSPS) is 20.3. The minimum atomic E-state index is 0.426. The van der Waals surface area contributed by atoms with E-state index in [0.717, 1.165) is 0 Å². The fourth-order valence-electron chi connectivity index (χ4n) is 5.03. The molecule has 0 radical (unpaired) electrons. The van der Waals surface area contributed by atoms with Crippen molar-refractivity contribution in [3.05, 3.63) is 82.9 Å². The molecule has 0 amide bonds. The molecule has 132 valence electrons. The van der Waals surface area contributed by atoms with E-state index >= 15 is 0 Å². The molecular formula is C24H28BN. The van der Waals surface area contributed by atoms with Gasteiger partial charge in [-0.05, 0) is 46.0 Å². The molecule has 0 saturated carbocycles. The number of allylic oxidation sites excluding steroid dienone is 2. The first-order valence-corrected chi connectivity index (χ1v) is 9.89. The fraction of sp³-hybridized carbons (Fsp3) is 0.333. The van der Waals surface area contributed by atoms with E-state index < -0.39 is 0 Å². The summed E-state index contributed by atoms with van der Waals surface area (Å²) in [6.45, 7) is 9.77. The predicted molar refractivity (Wildman–Crippen MR) is 114 cm³/mol. The van der Waals surface area contributed by atoms with Crippen molar-refractivity contribution in [2.75, 3.05) is 0 Å². The summed E-state index contributed by atoms with van der Waals surface area (Å²) in [4.78, 5) is 2.72. The molecule has 2 unspecified atom stereocenters. The van der Waals surface area contributed by atoms with E-state index in [0.29, 0.717) is 30.6 Å². The Morgan fingerprint density at radius 1 is 0.692 bits per heavy atom. The molecule has 2 aliphatic carbocycles. The number of benzene rings is 2. The summed E-state index contributed by atoms with van der Waals surface area (Å²) in [5.41, 5.74) is 5.71. The molecule has 0 aliphatic heterocycles. The standard InChI is InChI=1S/C24H28BN/c1-17(2)26(18(3)4)25(23-15-13-19-9-5-7-11-21(19)23)24-16-14-20-10-6-8-12-22(20)24/h5-18,23-24H,1-4H3. The average molecular weight is 341 g/mol. The molecule has 2 atom stereocenters. The van der Waals surface area contributed by atoms with E-state index in [1.165, 1.54) is 22.3 Å². The highest BCUT2D eigenvalue weighted by Crippen LogP contribution is 2.42. The van der Waals surface area contributed by atoms with Gasteiger partial charge in [0, 0.05) is 0 Å². The van der Waals surface area contributed by atoms with Crippen LogP contribution in [-0.4, -0.2) is 23.7 Å². The van der Waals surface area contributed by atoms with Crippen LogP contribution in [0.1, 0.15) is 61.6 Å². The number of hydrogen-bond donors (Lipinski definition) is 0. The molecule has 0 spiro atoms. The Morgan fingerprint density at radius 2 is 1.12 bits per heavy atom. The van der Waals surface area contributed by atoms with Crippen molar-refractivity contribution in [1.82, 2.24) is 4.81 Å². The Bertz CT molecular complexity index is 779. The van der Waals surface area contributed by atoms with Crippen LogP contribution in [0.3, 0.4) is 0 Å². The number of nitrogens with zero attached hydrogens (tertiary/aromatic N) is 1. The SMILES string of the molecule is CC(C)N(B(C1C=Cc2ccccc21)C1C=Cc2ccccc21)C(C)C. The van der Waals surface area contributed by atoms with E-state index in [9.17, 15) is 0 Å². The van der Waals surface area contributed by atoms with Crippen molar-refractivity contribution in [1.29, 1.82) is 0 Å². The minimum Gasteiger partial charge on any atom is -0.336 e. The first-order chi connectivity index (χ1) is 12.6. The van der Waals surface area contributed by atoms with Gasteiger partial charge >= 0.3 is 0 Å². The third-order valence-electron chi connectivity index (χ3n) is 5.95. The zero-order valence-electron chi connectivity index (χ0n) is 16.3. The van der Waals surface area contributed by atoms with Crippen LogP contribution in [0.5, 0.6) is 0 Å². The zero-order chi connectivity index (χ0) is 18.3. The van der Waals surface area contributed by atoms with Crippen LogP contribution in [0.25, 0.3) is 12.2 Å². The van der Waals surface area contributed by atoms with Crippen LogP contribution in [0.4, 0.5) is 0 Å². The van der Waals surface area contributed by atoms with E-state index in [1.807, 2.05) is 0 Å². The Balaban J connectivity index is 1.82. The van der Waals surface area contributed by atoms with Gasteiger partial charge < -0.3 is 4.81 Å². The Kier molecular flexibility index (Phi) is 4.62. The first kappa shape index (κ1) is 17.4. The van der Waals surface area contributed by atoms with Gasteiger partial charge in [-0.25, -0.2) is 0 Å². The molecule has 0 fully saturated rings. The Morgan fingerprint density at radius 3 is 1.54 bits per heavy atom. The lowest BCUT2D eigenvalue weighted by atomic mass is 9.39. The molecule has 2 aromatic rings.